The Morgan fingerprint density at radius 1 is 1.10 bits per heavy atom. The Kier molecular flexibility index (Phi) is 10.5. The van der Waals surface area contributed by atoms with Gasteiger partial charge in [-0.15, -0.1) is 0 Å². The van der Waals surface area contributed by atoms with Gasteiger partial charge in [-0.3, -0.25) is 24.4 Å². The third kappa shape index (κ3) is 7.93. The summed E-state index contributed by atoms with van der Waals surface area (Å²) in [7, 11) is 0. The molecule has 2 unspecified atom stereocenters. The fraction of sp³-hybridized carbons (Fsp3) is 0.483. The lowest BCUT2D eigenvalue weighted by Crippen LogP contribution is -2.52. The van der Waals surface area contributed by atoms with Crippen LogP contribution in [0.15, 0.2) is 48.5 Å². The van der Waals surface area contributed by atoms with E-state index in [1.54, 1.807) is 14.9 Å². The quantitative estimate of drug-likeness (QED) is 0.165. The van der Waals surface area contributed by atoms with Gasteiger partial charge < -0.3 is 15.1 Å². The lowest BCUT2D eigenvalue weighted by molar-refractivity contribution is -0.145. The van der Waals surface area contributed by atoms with E-state index >= 15 is 0 Å². The Labute approximate surface area is 236 Å². The number of rotatable bonds is 13. The average Bonchev–Trinajstić information content (AvgIpc) is 3.41. The lowest BCUT2D eigenvalue weighted by atomic mass is 9.91. The van der Waals surface area contributed by atoms with Crippen molar-refractivity contribution in [1.29, 1.82) is 0 Å². The van der Waals surface area contributed by atoms with E-state index in [-0.39, 0.29) is 37.1 Å². The van der Waals surface area contributed by atoms with Gasteiger partial charge in [0.2, 0.25) is 5.91 Å². The smallest absolute Gasteiger partial charge is 0.324 e. The summed E-state index contributed by atoms with van der Waals surface area (Å²) in [5.41, 5.74) is 2.56. The van der Waals surface area contributed by atoms with E-state index in [2.05, 4.69) is 10.2 Å². The molecule has 1 amide bonds. The van der Waals surface area contributed by atoms with Gasteiger partial charge in [-0.05, 0) is 81.8 Å². The molecule has 0 spiro atoms. The topological polar surface area (TPSA) is 160 Å². The summed E-state index contributed by atoms with van der Waals surface area (Å²) in [6.07, 6.45) is 2.33. The van der Waals surface area contributed by atoms with Crippen LogP contribution >= 0.6 is 0 Å². The summed E-state index contributed by atoms with van der Waals surface area (Å²) in [4.78, 5) is 43.8. The van der Waals surface area contributed by atoms with Crippen molar-refractivity contribution >= 4 is 34.7 Å². The molecule has 0 aliphatic carbocycles. The van der Waals surface area contributed by atoms with E-state index in [1.807, 2.05) is 76.2 Å². The standard InChI is InChI=1S/C29H43N7O4/c1-20(18-27(38)40-32)11-16-26(37)34-17-7-10-25(34)28(39)29(3,4)33-22-12-14-23(15-13-22)35(30)19-36(31)24-9-6-5-8-21(24)2/h5-6,8-9,12-15,20,25,33H,7,10-11,16-19,30-32H2,1-4H3. The number of aryl methyl sites for hydroxylation is 1. The first-order chi connectivity index (χ1) is 18.9. The van der Waals surface area contributed by atoms with Gasteiger partial charge in [0.15, 0.2) is 5.78 Å². The number of para-hydroxylation sites is 1. The zero-order valence-electron chi connectivity index (χ0n) is 23.9. The monoisotopic (exact) mass is 553 g/mol. The molecule has 1 aliphatic rings. The minimum Gasteiger partial charge on any atom is -0.373 e. The van der Waals surface area contributed by atoms with Crippen LogP contribution in [0.1, 0.15) is 58.4 Å². The van der Waals surface area contributed by atoms with Crippen LogP contribution in [0.2, 0.25) is 0 Å². The number of carbonyl (C=O) groups is 3. The number of nitrogens with zero attached hydrogens (tertiary/aromatic N) is 3. The Bertz CT molecular complexity index is 1170. The van der Waals surface area contributed by atoms with Crippen LogP contribution in [0.5, 0.6) is 0 Å². The van der Waals surface area contributed by atoms with Gasteiger partial charge in [-0.2, -0.15) is 5.90 Å². The molecule has 11 heteroatoms. The predicted octanol–water partition coefficient (Wildman–Crippen LogP) is 2.99. The summed E-state index contributed by atoms with van der Waals surface area (Å²) in [5.74, 6) is 16.8. The molecule has 1 aliphatic heterocycles. The van der Waals surface area contributed by atoms with Crippen LogP contribution in [0.25, 0.3) is 0 Å². The summed E-state index contributed by atoms with van der Waals surface area (Å²) in [6.45, 7) is 8.35. The van der Waals surface area contributed by atoms with E-state index in [1.165, 1.54) is 0 Å². The number of ketones is 1. The SMILES string of the molecule is Cc1ccccc1N(N)CN(N)c1ccc(NC(C)(C)C(=O)C2CCCN2C(=O)CCC(C)CC(=O)ON)cc1. The number of hydrazine groups is 2. The van der Waals surface area contributed by atoms with Crippen molar-refractivity contribution in [3.05, 3.63) is 54.1 Å². The van der Waals surface area contributed by atoms with E-state index in [0.717, 1.165) is 29.0 Å². The molecule has 0 radical (unpaired) electrons. The number of benzene rings is 2. The van der Waals surface area contributed by atoms with E-state index in [9.17, 15) is 14.4 Å². The second kappa shape index (κ2) is 13.6. The van der Waals surface area contributed by atoms with Crippen molar-refractivity contribution in [1.82, 2.24) is 4.90 Å². The highest BCUT2D eigenvalue weighted by atomic mass is 16.7. The van der Waals surface area contributed by atoms with Crippen LogP contribution in [0.4, 0.5) is 17.1 Å². The maximum atomic E-state index is 13.6. The van der Waals surface area contributed by atoms with Gasteiger partial charge in [-0.1, -0.05) is 25.1 Å². The highest BCUT2D eigenvalue weighted by Gasteiger charge is 2.41. The first kappa shape index (κ1) is 30.9. The molecule has 0 bridgehead atoms. The molecule has 3 rings (SSSR count). The van der Waals surface area contributed by atoms with Crippen molar-refractivity contribution in [2.75, 3.05) is 28.5 Å². The molecule has 0 saturated carbocycles. The molecule has 2 aromatic carbocycles. The number of carbonyl (C=O) groups excluding carboxylic acids is 3. The number of anilines is 3. The Morgan fingerprint density at radius 3 is 2.42 bits per heavy atom. The molecule has 0 aromatic heterocycles. The molecule has 40 heavy (non-hydrogen) atoms. The number of likely N-dealkylation sites (tertiary alicyclic amines) is 1. The van der Waals surface area contributed by atoms with Gasteiger partial charge in [0.1, 0.15) is 6.67 Å². The van der Waals surface area contributed by atoms with Crippen LogP contribution < -0.4 is 32.9 Å². The first-order valence-electron chi connectivity index (χ1n) is 13.6. The molecule has 2 aromatic rings. The van der Waals surface area contributed by atoms with Crippen molar-refractivity contribution in [3.63, 3.8) is 0 Å². The minimum absolute atomic E-state index is 0.0420. The van der Waals surface area contributed by atoms with Crippen molar-refractivity contribution in [3.8, 4) is 0 Å². The lowest BCUT2D eigenvalue weighted by Gasteiger charge is -2.33. The highest BCUT2D eigenvalue weighted by Crippen LogP contribution is 2.28. The van der Waals surface area contributed by atoms with Gasteiger partial charge >= 0.3 is 5.97 Å². The maximum Gasteiger partial charge on any atom is 0.324 e. The molecule has 2 atom stereocenters. The van der Waals surface area contributed by atoms with Gasteiger partial charge in [0, 0.05) is 25.1 Å². The van der Waals surface area contributed by atoms with E-state index in [4.69, 9.17) is 17.6 Å². The summed E-state index contributed by atoms with van der Waals surface area (Å²) in [5, 5.41) is 6.47. The molecule has 7 N–H and O–H groups in total. The van der Waals surface area contributed by atoms with Gasteiger partial charge in [0.25, 0.3) is 0 Å². The van der Waals surface area contributed by atoms with Crippen LogP contribution in [-0.2, 0) is 19.2 Å². The molecular formula is C29H43N7O4. The van der Waals surface area contributed by atoms with Crippen molar-refractivity contribution in [2.24, 2.45) is 23.5 Å². The fourth-order valence-corrected chi connectivity index (χ4v) is 5.07. The molecule has 11 nitrogen and oxygen atoms in total. The highest BCUT2D eigenvalue weighted by molar-refractivity contribution is 5.97. The second-order valence-electron chi connectivity index (χ2n) is 11.1. The summed E-state index contributed by atoms with van der Waals surface area (Å²) in [6, 6.07) is 14.8. The van der Waals surface area contributed by atoms with Gasteiger partial charge in [0.05, 0.1) is 23.0 Å². The number of hydrogen-bond donors (Lipinski definition) is 4. The van der Waals surface area contributed by atoms with Crippen LogP contribution in [-0.4, -0.2) is 47.4 Å². The third-order valence-corrected chi connectivity index (χ3v) is 7.37. The predicted molar refractivity (Wildman–Crippen MR) is 157 cm³/mol. The molecule has 218 valence electrons. The molecular weight excluding hydrogens is 510 g/mol. The largest absolute Gasteiger partial charge is 0.373 e. The fourth-order valence-electron chi connectivity index (χ4n) is 5.07. The second-order valence-corrected chi connectivity index (χ2v) is 11.1. The van der Waals surface area contributed by atoms with Crippen LogP contribution in [0.3, 0.4) is 0 Å². The molecule has 1 heterocycles. The first-order valence-corrected chi connectivity index (χ1v) is 13.6. The van der Waals surface area contributed by atoms with Crippen molar-refractivity contribution in [2.45, 2.75) is 71.4 Å². The number of hydrogen-bond acceptors (Lipinski definition) is 10. The third-order valence-electron chi connectivity index (χ3n) is 7.37. The Balaban J connectivity index is 1.57. The van der Waals surface area contributed by atoms with E-state index in [0.29, 0.717) is 19.4 Å². The van der Waals surface area contributed by atoms with Gasteiger partial charge in [-0.25, -0.2) is 11.7 Å². The normalized spacial score (nSPS) is 15.9. The average molecular weight is 554 g/mol. The van der Waals surface area contributed by atoms with Crippen molar-refractivity contribution < 1.29 is 19.2 Å². The molecule has 1 fully saturated rings. The Hall–Kier alpha value is -3.67. The Morgan fingerprint density at radius 2 is 1.77 bits per heavy atom. The maximum absolute atomic E-state index is 13.6. The number of Topliss-reactive ketones (excluding diaryl/α,β-unsaturated/α-hetero) is 1. The summed E-state index contributed by atoms with van der Waals surface area (Å²) < 4.78 is 0. The zero-order valence-corrected chi connectivity index (χ0v) is 23.9. The zero-order chi connectivity index (χ0) is 29.4. The minimum atomic E-state index is -0.908. The number of nitrogens with one attached hydrogen (secondary N) is 1. The number of nitrogens with two attached hydrogens (primary N) is 3. The summed E-state index contributed by atoms with van der Waals surface area (Å²) >= 11 is 0. The van der Waals surface area contributed by atoms with E-state index < -0.39 is 17.6 Å². The number of amides is 1. The van der Waals surface area contributed by atoms with Crippen LogP contribution in [0, 0.1) is 12.8 Å². The molecule has 1 saturated heterocycles.